The molecule has 0 heterocycles. The zero-order valence-electron chi connectivity index (χ0n) is 7.93. The van der Waals surface area contributed by atoms with Gasteiger partial charge in [0.2, 0.25) is 0 Å². The molecule has 0 fully saturated rings. The molecule has 0 amide bonds. The van der Waals surface area contributed by atoms with Crippen molar-refractivity contribution < 1.29 is 0 Å². The number of rotatable bonds is 3. The smallest absolute Gasteiger partial charge is 0.0178 e. The Labute approximate surface area is 74.6 Å². The molecule has 0 atom stereocenters. The highest BCUT2D eigenvalue weighted by Gasteiger charge is 1.96. The highest BCUT2D eigenvalue weighted by atomic mass is 14.5. The topological polar surface area (TPSA) is 26.0 Å². The minimum atomic E-state index is 0.654. The van der Waals surface area contributed by atoms with Gasteiger partial charge in [-0.1, -0.05) is 32.0 Å². The van der Waals surface area contributed by atoms with Gasteiger partial charge in [-0.3, -0.25) is 0 Å². The second kappa shape index (κ2) is 4.27. The zero-order valence-corrected chi connectivity index (χ0v) is 7.93. The lowest BCUT2D eigenvalue weighted by Gasteiger charge is -2.05. The first kappa shape index (κ1) is 9.27. The molecule has 0 saturated carbocycles. The number of nitrogens with two attached hydrogens (primary N) is 1. The summed E-state index contributed by atoms with van der Waals surface area (Å²) in [5.74, 6) is 0. The average Bonchev–Trinajstić information content (AvgIpc) is 2.16. The summed E-state index contributed by atoms with van der Waals surface area (Å²) >= 11 is 0. The van der Waals surface area contributed by atoms with Crippen LogP contribution in [0.1, 0.15) is 30.5 Å². The molecule has 0 bridgehead atoms. The van der Waals surface area contributed by atoms with E-state index in [2.05, 4.69) is 32.0 Å². The second-order valence-corrected chi connectivity index (χ2v) is 3.07. The van der Waals surface area contributed by atoms with Gasteiger partial charge in [0.25, 0.3) is 0 Å². The van der Waals surface area contributed by atoms with E-state index in [0.717, 1.165) is 12.8 Å². The van der Waals surface area contributed by atoms with Crippen LogP contribution in [-0.4, -0.2) is 0 Å². The van der Waals surface area contributed by atoms with E-state index in [1.807, 2.05) is 0 Å². The third-order valence-electron chi connectivity index (χ3n) is 2.16. The highest BCUT2D eigenvalue weighted by molar-refractivity contribution is 5.30. The molecule has 0 spiro atoms. The van der Waals surface area contributed by atoms with Crippen molar-refractivity contribution in [2.45, 2.75) is 33.2 Å². The number of hydrogen-bond acceptors (Lipinski definition) is 1. The Hall–Kier alpha value is -0.820. The lowest BCUT2D eigenvalue weighted by molar-refractivity contribution is 1.02. The van der Waals surface area contributed by atoms with Gasteiger partial charge >= 0.3 is 0 Å². The van der Waals surface area contributed by atoms with E-state index >= 15 is 0 Å². The Morgan fingerprint density at radius 2 is 1.33 bits per heavy atom. The summed E-state index contributed by atoms with van der Waals surface area (Å²) in [7, 11) is 0. The van der Waals surface area contributed by atoms with Gasteiger partial charge in [-0.25, -0.2) is 0 Å². The Bertz CT molecular complexity index is 198. The van der Waals surface area contributed by atoms with Crippen molar-refractivity contribution in [2.24, 2.45) is 5.73 Å². The summed E-state index contributed by atoms with van der Waals surface area (Å²) in [6, 6.07) is 6.65. The SMILES string of the molecule is CCc1cc(CC)cc(CN)c1. The summed E-state index contributed by atoms with van der Waals surface area (Å²) in [5, 5.41) is 0. The highest BCUT2D eigenvalue weighted by Crippen LogP contribution is 2.11. The minimum Gasteiger partial charge on any atom is -0.326 e. The van der Waals surface area contributed by atoms with Crippen LogP contribution in [0.3, 0.4) is 0 Å². The third-order valence-corrected chi connectivity index (χ3v) is 2.16. The first-order valence-electron chi connectivity index (χ1n) is 4.62. The Morgan fingerprint density at radius 3 is 1.67 bits per heavy atom. The standard InChI is InChI=1S/C11H17N/c1-3-9-5-10(4-2)7-11(6-9)8-12/h5-7H,3-4,8,12H2,1-2H3. The molecule has 0 radical (unpaired) electrons. The van der Waals surface area contributed by atoms with E-state index in [1.165, 1.54) is 16.7 Å². The van der Waals surface area contributed by atoms with E-state index in [4.69, 9.17) is 5.73 Å². The molecule has 12 heavy (non-hydrogen) atoms. The fourth-order valence-electron chi connectivity index (χ4n) is 1.37. The fourth-order valence-corrected chi connectivity index (χ4v) is 1.37. The number of aryl methyl sites for hydroxylation is 2. The van der Waals surface area contributed by atoms with Crippen LogP contribution in [0.4, 0.5) is 0 Å². The van der Waals surface area contributed by atoms with Gasteiger partial charge in [-0.15, -0.1) is 0 Å². The lowest BCUT2D eigenvalue weighted by atomic mass is 10.0. The van der Waals surface area contributed by atoms with Crippen LogP contribution >= 0.6 is 0 Å². The number of hydrogen-bond donors (Lipinski definition) is 1. The first-order valence-corrected chi connectivity index (χ1v) is 4.62. The molecule has 2 N–H and O–H groups in total. The van der Waals surface area contributed by atoms with Crippen molar-refractivity contribution in [3.8, 4) is 0 Å². The van der Waals surface area contributed by atoms with Crippen molar-refractivity contribution >= 4 is 0 Å². The first-order chi connectivity index (χ1) is 5.80. The Morgan fingerprint density at radius 1 is 0.917 bits per heavy atom. The molecule has 1 aromatic rings. The van der Waals surface area contributed by atoms with Gasteiger partial charge in [0.05, 0.1) is 0 Å². The normalized spacial score (nSPS) is 10.2. The maximum atomic E-state index is 5.60. The molecule has 0 saturated heterocycles. The molecule has 0 unspecified atom stereocenters. The summed E-state index contributed by atoms with van der Waals surface area (Å²) in [4.78, 5) is 0. The van der Waals surface area contributed by atoms with Crippen LogP contribution in [0.2, 0.25) is 0 Å². The average molecular weight is 163 g/mol. The lowest BCUT2D eigenvalue weighted by Crippen LogP contribution is -1.98. The predicted octanol–water partition coefficient (Wildman–Crippen LogP) is 2.27. The zero-order chi connectivity index (χ0) is 8.97. The van der Waals surface area contributed by atoms with Crippen molar-refractivity contribution in [2.75, 3.05) is 0 Å². The maximum Gasteiger partial charge on any atom is 0.0178 e. The minimum absolute atomic E-state index is 0.654. The molecule has 0 aromatic heterocycles. The molecule has 0 aliphatic heterocycles. The molecule has 66 valence electrons. The second-order valence-electron chi connectivity index (χ2n) is 3.07. The van der Waals surface area contributed by atoms with Crippen LogP contribution in [0, 0.1) is 0 Å². The molecule has 1 heteroatoms. The summed E-state index contributed by atoms with van der Waals surface area (Å²) in [6.45, 7) is 5.00. The van der Waals surface area contributed by atoms with Crippen LogP contribution in [-0.2, 0) is 19.4 Å². The van der Waals surface area contributed by atoms with E-state index < -0.39 is 0 Å². The van der Waals surface area contributed by atoms with Crippen molar-refractivity contribution in [3.05, 3.63) is 34.9 Å². The maximum absolute atomic E-state index is 5.60. The predicted molar refractivity (Wildman–Crippen MR) is 53.1 cm³/mol. The monoisotopic (exact) mass is 163 g/mol. The molecule has 0 aliphatic rings. The van der Waals surface area contributed by atoms with Crippen molar-refractivity contribution in [3.63, 3.8) is 0 Å². The van der Waals surface area contributed by atoms with Crippen LogP contribution in [0.25, 0.3) is 0 Å². The molecule has 1 aromatic carbocycles. The molecule has 1 rings (SSSR count). The summed E-state index contributed by atoms with van der Waals surface area (Å²) < 4.78 is 0. The summed E-state index contributed by atoms with van der Waals surface area (Å²) in [6.07, 6.45) is 2.20. The van der Waals surface area contributed by atoms with Gasteiger partial charge in [0.1, 0.15) is 0 Å². The van der Waals surface area contributed by atoms with E-state index in [9.17, 15) is 0 Å². The van der Waals surface area contributed by atoms with Gasteiger partial charge in [-0.2, -0.15) is 0 Å². The summed E-state index contributed by atoms with van der Waals surface area (Å²) in [5.41, 5.74) is 9.65. The van der Waals surface area contributed by atoms with E-state index in [1.54, 1.807) is 0 Å². The quantitative estimate of drug-likeness (QED) is 0.726. The van der Waals surface area contributed by atoms with Crippen LogP contribution in [0.15, 0.2) is 18.2 Å². The van der Waals surface area contributed by atoms with Crippen LogP contribution in [0.5, 0.6) is 0 Å². The van der Waals surface area contributed by atoms with Gasteiger partial charge in [-0.05, 0) is 29.5 Å². The number of benzene rings is 1. The molecular weight excluding hydrogens is 146 g/mol. The van der Waals surface area contributed by atoms with Crippen molar-refractivity contribution in [1.82, 2.24) is 0 Å². The molecule has 1 nitrogen and oxygen atoms in total. The Kier molecular flexibility index (Phi) is 3.30. The largest absolute Gasteiger partial charge is 0.326 e. The van der Waals surface area contributed by atoms with Gasteiger partial charge < -0.3 is 5.73 Å². The van der Waals surface area contributed by atoms with Crippen molar-refractivity contribution in [1.29, 1.82) is 0 Å². The van der Waals surface area contributed by atoms with Gasteiger partial charge in [0.15, 0.2) is 0 Å². The Balaban J connectivity index is 3.01. The molecule has 0 aliphatic carbocycles. The van der Waals surface area contributed by atoms with Crippen LogP contribution < -0.4 is 5.73 Å². The molecular formula is C11H17N. The van der Waals surface area contributed by atoms with E-state index in [0.29, 0.717) is 6.54 Å². The van der Waals surface area contributed by atoms with E-state index in [-0.39, 0.29) is 0 Å². The van der Waals surface area contributed by atoms with Gasteiger partial charge in [0, 0.05) is 6.54 Å². The fraction of sp³-hybridized carbons (Fsp3) is 0.455. The third kappa shape index (κ3) is 2.08.